The minimum atomic E-state index is 0.618. The van der Waals surface area contributed by atoms with Gasteiger partial charge in [-0.25, -0.2) is 11.0 Å². The molecular weight excluding hydrogens is 232 g/mol. The van der Waals surface area contributed by atoms with Gasteiger partial charge in [0.25, 0.3) is 0 Å². The van der Waals surface area contributed by atoms with Crippen LogP contribution in [0.2, 0.25) is 0 Å². The average molecular weight is 241 g/mol. The number of rotatable bonds is 0. The van der Waals surface area contributed by atoms with Gasteiger partial charge in [-0.05, 0) is 18.6 Å². The van der Waals surface area contributed by atoms with Crippen molar-refractivity contribution in [2.24, 2.45) is 16.2 Å². The number of benzene rings is 1. The Labute approximate surface area is 84.5 Å². The Morgan fingerprint density at radius 2 is 2.31 bits per heavy atom. The molecule has 0 unspecified atom stereocenters. The Morgan fingerprint density at radius 3 is 3.08 bits per heavy atom. The molecule has 1 aliphatic rings. The van der Waals surface area contributed by atoms with Crippen molar-refractivity contribution in [3.63, 3.8) is 0 Å². The molecule has 0 spiro atoms. The van der Waals surface area contributed by atoms with Gasteiger partial charge in [0.2, 0.25) is 0 Å². The first kappa shape index (κ1) is 8.65. The molecule has 2 N–H and O–H groups in total. The Bertz CT molecular complexity index is 375. The number of nitrogens with two attached hydrogens (primary N) is 1. The molecule has 0 aliphatic carbocycles. The Hall–Kier alpha value is -0.940. The highest BCUT2D eigenvalue weighted by Gasteiger charge is 2.11. The molecule has 0 amide bonds. The van der Waals surface area contributed by atoms with Crippen LogP contribution in [0.15, 0.2) is 26.9 Å². The topological polar surface area (TPSA) is 54.0 Å². The van der Waals surface area contributed by atoms with Crippen LogP contribution in [0.4, 0.5) is 5.69 Å². The number of fused-ring (bicyclic) bond motifs is 1. The van der Waals surface area contributed by atoms with Crippen LogP contribution in [0.25, 0.3) is 0 Å². The largest absolute Gasteiger partial charge is 0.230 e. The fourth-order valence-electron chi connectivity index (χ4n) is 1.26. The number of halogens is 1. The van der Waals surface area contributed by atoms with Gasteiger partial charge in [-0.2, -0.15) is 0 Å². The molecule has 5 heteroatoms. The SMILES string of the molecule is Cc1cc2c(cc1Br)N=NN(N)C2. The maximum Gasteiger partial charge on any atom is 0.0937 e. The molecule has 4 nitrogen and oxygen atoms in total. The second-order valence-electron chi connectivity index (χ2n) is 3.02. The van der Waals surface area contributed by atoms with Crippen molar-refractivity contribution in [3.05, 3.63) is 27.7 Å². The van der Waals surface area contributed by atoms with E-state index in [4.69, 9.17) is 5.84 Å². The molecular formula is C8H9BrN4. The first-order valence-electron chi connectivity index (χ1n) is 3.90. The van der Waals surface area contributed by atoms with Crippen molar-refractivity contribution in [2.75, 3.05) is 0 Å². The van der Waals surface area contributed by atoms with Gasteiger partial charge in [0.15, 0.2) is 0 Å². The van der Waals surface area contributed by atoms with Crippen LogP contribution in [0.3, 0.4) is 0 Å². The third-order valence-corrected chi connectivity index (χ3v) is 2.81. The zero-order valence-electron chi connectivity index (χ0n) is 7.16. The summed E-state index contributed by atoms with van der Waals surface area (Å²) in [5.41, 5.74) is 3.18. The molecule has 1 heterocycles. The number of nitrogens with zero attached hydrogens (tertiary/aromatic N) is 3. The minimum absolute atomic E-state index is 0.618. The summed E-state index contributed by atoms with van der Waals surface area (Å²) in [4.78, 5) is 0. The predicted molar refractivity (Wildman–Crippen MR) is 53.1 cm³/mol. The molecule has 0 saturated carbocycles. The van der Waals surface area contributed by atoms with Gasteiger partial charge < -0.3 is 0 Å². The van der Waals surface area contributed by atoms with E-state index in [1.54, 1.807) is 0 Å². The van der Waals surface area contributed by atoms with E-state index in [1.165, 1.54) is 10.7 Å². The first-order chi connectivity index (χ1) is 6.16. The van der Waals surface area contributed by atoms with E-state index in [0.29, 0.717) is 6.54 Å². The Morgan fingerprint density at radius 1 is 1.54 bits per heavy atom. The molecule has 1 aromatic carbocycles. The predicted octanol–water partition coefficient (Wildman–Crippen LogP) is 2.45. The number of hydrazine groups is 1. The summed E-state index contributed by atoms with van der Waals surface area (Å²) in [5.74, 6) is 5.50. The number of hydrogen-bond donors (Lipinski definition) is 1. The van der Waals surface area contributed by atoms with Gasteiger partial charge in [0.1, 0.15) is 0 Å². The van der Waals surface area contributed by atoms with Gasteiger partial charge in [-0.15, -0.1) is 5.11 Å². The molecule has 0 aromatic heterocycles. The number of aryl methyl sites for hydroxylation is 1. The Kier molecular flexibility index (Phi) is 2.05. The standard InChI is InChI=1S/C8H9BrN4/c1-5-2-6-4-13(10)12-11-8(6)3-7(5)9/h2-3H,4,10H2,1H3. The summed E-state index contributed by atoms with van der Waals surface area (Å²) in [6.45, 7) is 2.66. The average Bonchev–Trinajstić information content (AvgIpc) is 2.08. The second kappa shape index (κ2) is 3.08. The molecule has 0 saturated heterocycles. The molecule has 0 bridgehead atoms. The summed E-state index contributed by atoms with van der Waals surface area (Å²) in [6, 6.07) is 4.03. The van der Waals surface area contributed by atoms with Crippen LogP contribution >= 0.6 is 15.9 Å². The van der Waals surface area contributed by atoms with Crippen molar-refractivity contribution in [3.8, 4) is 0 Å². The lowest BCUT2D eigenvalue weighted by molar-refractivity contribution is 0.261. The summed E-state index contributed by atoms with van der Waals surface area (Å²) >= 11 is 3.44. The highest BCUT2D eigenvalue weighted by molar-refractivity contribution is 9.10. The Balaban J connectivity index is 2.52. The van der Waals surface area contributed by atoms with Gasteiger partial charge in [0, 0.05) is 10.0 Å². The highest BCUT2D eigenvalue weighted by Crippen LogP contribution is 2.30. The van der Waals surface area contributed by atoms with E-state index in [1.807, 2.05) is 13.0 Å². The van der Waals surface area contributed by atoms with Crippen molar-refractivity contribution in [1.29, 1.82) is 0 Å². The second-order valence-corrected chi connectivity index (χ2v) is 3.87. The molecule has 1 aliphatic heterocycles. The third kappa shape index (κ3) is 1.57. The van der Waals surface area contributed by atoms with E-state index in [2.05, 4.69) is 32.3 Å². The van der Waals surface area contributed by atoms with Gasteiger partial charge in [0.05, 0.1) is 12.2 Å². The van der Waals surface area contributed by atoms with E-state index in [-0.39, 0.29) is 0 Å². The van der Waals surface area contributed by atoms with E-state index in [9.17, 15) is 0 Å². The summed E-state index contributed by atoms with van der Waals surface area (Å²) < 4.78 is 1.05. The summed E-state index contributed by atoms with van der Waals surface area (Å²) in [7, 11) is 0. The first-order valence-corrected chi connectivity index (χ1v) is 4.69. The van der Waals surface area contributed by atoms with Crippen molar-refractivity contribution in [2.45, 2.75) is 13.5 Å². The molecule has 13 heavy (non-hydrogen) atoms. The van der Waals surface area contributed by atoms with Gasteiger partial charge in [-0.3, -0.25) is 0 Å². The molecule has 1 aromatic rings. The quantitative estimate of drug-likeness (QED) is 0.709. The molecule has 0 fully saturated rings. The highest BCUT2D eigenvalue weighted by atomic mass is 79.9. The summed E-state index contributed by atoms with van der Waals surface area (Å²) in [6.07, 6.45) is 0. The van der Waals surface area contributed by atoms with Crippen LogP contribution in [0.5, 0.6) is 0 Å². The molecule has 0 atom stereocenters. The summed E-state index contributed by atoms with van der Waals surface area (Å²) in [5, 5.41) is 9.06. The normalized spacial score (nSPS) is 14.5. The lowest BCUT2D eigenvalue weighted by Gasteiger charge is -2.17. The minimum Gasteiger partial charge on any atom is -0.230 e. The lowest BCUT2D eigenvalue weighted by Crippen LogP contribution is -2.25. The molecule has 68 valence electrons. The van der Waals surface area contributed by atoms with Crippen LogP contribution in [0, 0.1) is 6.92 Å². The van der Waals surface area contributed by atoms with E-state index >= 15 is 0 Å². The van der Waals surface area contributed by atoms with Crippen LogP contribution in [0.1, 0.15) is 11.1 Å². The fourth-order valence-corrected chi connectivity index (χ4v) is 1.59. The number of hydrogen-bond acceptors (Lipinski definition) is 4. The van der Waals surface area contributed by atoms with Crippen molar-refractivity contribution >= 4 is 21.6 Å². The molecule has 0 radical (unpaired) electrons. The van der Waals surface area contributed by atoms with Crippen LogP contribution < -0.4 is 5.84 Å². The fraction of sp³-hybridized carbons (Fsp3) is 0.250. The van der Waals surface area contributed by atoms with Gasteiger partial charge >= 0.3 is 0 Å². The van der Waals surface area contributed by atoms with Gasteiger partial charge in [-0.1, -0.05) is 27.2 Å². The zero-order chi connectivity index (χ0) is 9.42. The lowest BCUT2D eigenvalue weighted by atomic mass is 10.1. The van der Waals surface area contributed by atoms with Crippen LogP contribution in [-0.4, -0.2) is 5.12 Å². The van der Waals surface area contributed by atoms with E-state index < -0.39 is 0 Å². The van der Waals surface area contributed by atoms with E-state index in [0.717, 1.165) is 15.7 Å². The van der Waals surface area contributed by atoms with Crippen molar-refractivity contribution in [1.82, 2.24) is 5.12 Å². The maximum absolute atomic E-state index is 5.50. The molecule has 2 rings (SSSR count). The third-order valence-electron chi connectivity index (χ3n) is 1.96. The smallest absolute Gasteiger partial charge is 0.0937 e. The monoisotopic (exact) mass is 240 g/mol. The van der Waals surface area contributed by atoms with Crippen LogP contribution in [-0.2, 0) is 6.54 Å². The maximum atomic E-state index is 5.50. The van der Waals surface area contributed by atoms with Crippen molar-refractivity contribution < 1.29 is 0 Å². The zero-order valence-corrected chi connectivity index (χ0v) is 8.74.